The monoisotopic (exact) mass is 291 g/mol. The highest BCUT2D eigenvalue weighted by atomic mass is 32.2. The molecule has 0 aliphatic heterocycles. The van der Waals surface area contributed by atoms with Gasteiger partial charge in [-0.15, -0.1) is 0 Å². The van der Waals surface area contributed by atoms with E-state index in [1.54, 1.807) is 0 Å². The largest absolute Gasteiger partial charge is 0.369 e. The fraction of sp³-hybridized carbons (Fsp3) is 0.286. The van der Waals surface area contributed by atoms with Gasteiger partial charge in [0.25, 0.3) is 5.91 Å². The van der Waals surface area contributed by atoms with Crippen molar-refractivity contribution in [2.75, 3.05) is 5.75 Å². The Hall–Kier alpha value is -1.95. The van der Waals surface area contributed by atoms with Gasteiger partial charge in [-0.05, 0) is 17.4 Å². The smallest absolute Gasteiger partial charge is 0.251 e. The molecule has 6 heteroatoms. The molecule has 0 saturated heterocycles. The average molecular weight is 291 g/mol. The molecule has 0 aliphatic carbocycles. The van der Waals surface area contributed by atoms with Gasteiger partial charge in [0, 0.05) is 22.3 Å². The summed E-state index contributed by atoms with van der Waals surface area (Å²) in [4.78, 5) is 25.7. The van der Waals surface area contributed by atoms with Crippen LogP contribution in [0.1, 0.15) is 28.5 Å². The van der Waals surface area contributed by atoms with Crippen molar-refractivity contribution >= 4 is 34.5 Å². The molecule has 1 aromatic heterocycles. The van der Waals surface area contributed by atoms with Crippen LogP contribution < -0.4 is 11.5 Å². The second-order valence-electron chi connectivity index (χ2n) is 4.50. The summed E-state index contributed by atoms with van der Waals surface area (Å²) < 4.78 is 0. The lowest BCUT2D eigenvalue weighted by Gasteiger charge is -2.00. The quantitative estimate of drug-likeness (QED) is 0.752. The first-order chi connectivity index (χ1) is 9.52. The number of carbonyl (C=O) groups is 2. The lowest BCUT2D eigenvalue weighted by molar-refractivity contribution is -0.117. The number of nitrogens with two attached hydrogens (primary N) is 2. The molecule has 20 heavy (non-hydrogen) atoms. The van der Waals surface area contributed by atoms with Crippen LogP contribution in [0.15, 0.2) is 18.2 Å². The van der Waals surface area contributed by atoms with Crippen molar-refractivity contribution < 1.29 is 9.59 Å². The van der Waals surface area contributed by atoms with Gasteiger partial charge in [0.2, 0.25) is 5.91 Å². The van der Waals surface area contributed by atoms with Crippen molar-refractivity contribution in [3.63, 3.8) is 0 Å². The molecule has 106 valence electrons. The first-order valence-electron chi connectivity index (χ1n) is 6.32. The highest BCUT2D eigenvalue weighted by Gasteiger charge is 2.17. The fourth-order valence-corrected chi connectivity index (χ4v) is 2.82. The number of thioether (sulfide) groups is 1. The summed E-state index contributed by atoms with van der Waals surface area (Å²) in [5.41, 5.74) is 13.4. The Morgan fingerprint density at radius 3 is 2.65 bits per heavy atom. The number of fused-ring (bicyclic) bond motifs is 1. The molecule has 0 bridgehead atoms. The Morgan fingerprint density at radius 1 is 1.30 bits per heavy atom. The van der Waals surface area contributed by atoms with E-state index in [1.165, 1.54) is 0 Å². The van der Waals surface area contributed by atoms with E-state index < -0.39 is 11.8 Å². The van der Waals surface area contributed by atoms with Crippen molar-refractivity contribution in [2.45, 2.75) is 19.1 Å². The van der Waals surface area contributed by atoms with Crippen LogP contribution in [0.3, 0.4) is 0 Å². The Balaban J connectivity index is 2.49. The Labute approximate surface area is 121 Å². The van der Waals surface area contributed by atoms with Gasteiger partial charge in [-0.25, -0.2) is 0 Å². The van der Waals surface area contributed by atoms with Crippen LogP contribution in [0.2, 0.25) is 0 Å². The molecule has 1 aromatic carbocycles. The first kappa shape index (κ1) is 14.5. The molecule has 0 spiro atoms. The molecule has 5 N–H and O–H groups in total. The van der Waals surface area contributed by atoms with E-state index in [1.807, 2.05) is 30.0 Å². The van der Waals surface area contributed by atoms with Gasteiger partial charge in [-0.2, -0.15) is 11.8 Å². The number of benzene rings is 1. The molecule has 0 saturated carbocycles. The molecule has 0 radical (unpaired) electrons. The van der Waals surface area contributed by atoms with Gasteiger partial charge in [0.1, 0.15) is 0 Å². The summed E-state index contributed by atoms with van der Waals surface area (Å²) in [6.07, 6.45) is -0.0218. The normalized spacial score (nSPS) is 10.8. The molecular formula is C14H17N3O2S. The lowest BCUT2D eigenvalue weighted by atomic mass is 10.1. The zero-order valence-corrected chi connectivity index (χ0v) is 12.0. The van der Waals surface area contributed by atoms with Gasteiger partial charge in [-0.3, -0.25) is 9.59 Å². The van der Waals surface area contributed by atoms with Crippen LogP contribution in [0, 0.1) is 0 Å². The third-order valence-electron chi connectivity index (χ3n) is 3.01. The second-order valence-corrected chi connectivity index (χ2v) is 5.78. The second kappa shape index (κ2) is 6.00. The topological polar surface area (TPSA) is 102 Å². The minimum atomic E-state index is -0.553. The van der Waals surface area contributed by atoms with Crippen molar-refractivity contribution in [1.29, 1.82) is 0 Å². The molecule has 2 aromatic rings. The van der Waals surface area contributed by atoms with Crippen LogP contribution in [0.5, 0.6) is 0 Å². The highest BCUT2D eigenvalue weighted by Crippen LogP contribution is 2.25. The van der Waals surface area contributed by atoms with E-state index in [-0.39, 0.29) is 6.42 Å². The third-order valence-corrected chi connectivity index (χ3v) is 3.96. The summed E-state index contributed by atoms with van der Waals surface area (Å²) in [5.74, 6) is 0.897. The predicted octanol–water partition coefficient (Wildman–Crippen LogP) is 1.55. The Morgan fingerprint density at radius 2 is 2.05 bits per heavy atom. The summed E-state index contributed by atoms with van der Waals surface area (Å²) in [7, 11) is 0. The molecule has 2 rings (SSSR count). The number of nitrogens with one attached hydrogen (secondary N) is 1. The third kappa shape index (κ3) is 2.96. The maximum atomic E-state index is 11.6. The summed E-state index contributed by atoms with van der Waals surface area (Å²) in [6, 6.07) is 5.82. The minimum absolute atomic E-state index is 0.0218. The lowest BCUT2D eigenvalue weighted by Crippen LogP contribution is -2.18. The van der Waals surface area contributed by atoms with Crippen LogP contribution in [0.25, 0.3) is 10.9 Å². The summed E-state index contributed by atoms with van der Waals surface area (Å²) in [5, 5.41) is 0.735. The average Bonchev–Trinajstić information content (AvgIpc) is 2.72. The number of hydrogen-bond acceptors (Lipinski definition) is 3. The summed E-state index contributed by atoms with van der Waals surface area (Å²) >= 11 is 1.82. The van der Waals surface area contributed by atoms with Gasteiger partial charge >= 0.3 is 0 Å². The summed E-state index contributed by atoms with van der Waals surface area (Å²) in [6.45, 7) is 2.11. The van der Waals surface area contributed by atoms with E-state index in [9.17, 15) is 9.59 Å². The number of aromatic amines is 1. The number of H-pyrrole nitrogens is 1. The number of hydrogen-bond donors (Lipinski definition) is 3. The molecule has 0 aliphatic rings. The van der Waals surface area contributed by atoms with Crippen molar-refractivity contribution in [3.8, 4) is 0 Å². The Kier molecular flexibility index (Phi) is 4.34. The Bertz CT molecular complexity index is 664. The van der Waals surface area contributed by atoms with Gasteiger partial charge in [0.15, 0.2) is 0 Å². The van der Waals surface area contributed by atoms with Crippen LogP contribution in [-0.4, -0.2) is 22.6 Å². The maximum absolute atomic E-state index is 11.6. The number of rotatable bonds is 6. The molecule has 1 heterocycles. The van der Waals surface area contributed by atoms with Gasteiger partial charge in [0.05, 0.1) is 12.0 Å². The van der Waals surface area contributed by atoms with Crippen molar-refractivity contribution in [2.24, 2.45) is 11.5 Å². The SMILES string of the molecule is CCSCc1ccc2c(C(N)=O)c(CC(N)=O)[nH]c2c1. The zero-order valence-electron chi connectivity index (χ0n) is 11.2. The van der Waals surface area contributed by atoms with Gasteiger partial charge in [-0.1, -0.05) is 19.1 Å². The first-order valence-corrected chi connectivity index (χ1v) is 7.47. The van der Waals surface area contributed by atoms with E-state index in [4.69, 9.17) is 11.5 Å². The van der Waals surface area contributed by atoms with Gasteiger partial charge < -0.3 is 16.5 Å². The maximum Gasteiger partial charge on any atom is 0.251 e. The van der Waals surface area contributed by atoms with E-state index in [2.05, 4.69) is 11.9 Å². The standard InChI is InChI=1S/C14H17N3O2S/c1-2-20-7-8-3-4-9-10(5-8)17-11(6-12(15)18)13(9)14(16)19/h3-5,17H,2,6-7H2,1H3,(H2,15,18)(H2,16,19). The van der Waals surface area contributed by atoms with Crippen LogP contribution in [0.4, 0.5) is 0 Å². The molecule has 2 amide bonds. The van der Waals surface area contributed by atoms with Crippen LogP contribution >= 0.6 is 11.8 Å². The predicted molar refractivity (Wildman–Crippen MR) is 81.6 cm³/mol. The number of aromatic nitrogens is 1. The van der Waals surface area contributed by atoms with Crippen molar-refractivity contribution in [3.05, 3.63) is 35.0 Å². The van der Waals surface area contributed by atoms with E-state index in [0.717, 1.165) is 28.0 Å². The fourth-order valence-electron chi connectivity index (χ4n) is 2.20. The van der Waals surface area contributed by atoms with Crippen molar-refractivity contribution in [1.82, 2.24) is 4.98 Å². The van der Waals surface area contributed by atoms with E-state index >= 15 is 0 Å². The molecule has 0 atom stereocenters. The molecular weight excluding hydrogens is 274 g/mol. The molecule has 5 nitrogen and oxygen atoms in total. The highest BCUT2D eigenvalue weighted by molar-refractivity contribution is 7.98. The number of carbonyl (C=O) groups excluding carboxylic acids is 2. The number of primary amides is 2. The van der Waals surface area contributed by atoms with E-state index in [0.29, 0.717) is 11.3 Å². The zero-order chi connectivity index (χ0) is 14.7. The molecule has 0 fully saturated rings. The number of amides is 2. The molecule has 0 unspecified atom stereocenters. The van der Waals surface area contributed by atoms with Crippen LogP contribution in [-0.2, 0) is 17.0 Å². The minimum Gasteiger partial charge on any atom is -0.369 e.